The van der Waals surface area contributed by atoms with Gasteiger partial charge in [-0.1, -0.05) is 105 Å². The van der Waals surface area contributed by atoms with Crippen LogP contribution in [0.3, 0.4) is 0 Å². The van der Waals surface area contributed by atoms with Gasteiger partial charge in [-0.15, -0.1) is 0 Å². The normalized spacial score (nSPS) is 14.4. The molecule has 1 saturated heterocycles. The molecule has 0 bridgehead atoms. The third-order valence-corrected chi connectivity index (χ3v) is 7.28. The van der Waals surface area contributed by atoms with Crippen molar-refractivity contribution in [2.75, 3.05) is 19.8 Å². The van der Waals surface area contributed by atoms with Crippen molar-refractivity contribution >= 4 is 35.1 Å². The predicted molar refractivity (Wildman–Crippen MR) is 173 cm³/mol. The first kappa shape index (κ1) is 34.6. The molecule has 1 aromatic heterocycles. The lowest BCUT2D eigenvalue weighted by molar-refractivity contribution is -0.127. The van der Waals surface area contributed by atoms with Gasteiger partial charge in [-0.3, -0.25) is 9.69 Å². The Morgan fingerprint density at radius 2 is 1.64 bits per heavy atom. The summed E-state index contributed by atoms with van der Waals surface area (Å²) in [6.45, 7) is 7.71. The van der Waals surface area contributed by atoms with Gasteiger partial charge in [-0.2, -0.15) is 0 Å². The summed E-state index contributed by atoms with van der Waals surface area (Å²) in [4.78, 5) is 34.0. The summed E-state index contributed by atoms with van der Waals surface area (Å²) in [7, 11) is 0. The highest BCUT2D eigenvalue weighted by atomic mass is 35.5. The molecule has 0 radical (unpaired) electrons. The fraction of sp³-hybridized carbons (Fsp3) is 0.303. The molecule has 0 saturated carbocycles. The number of amides is 3. The van der Waals surface area contributed by atoms with Gasteiger partial charge in [0.2, 0.25) is 0 Å². The molecule has 9 nitrogen and oxygen atoms in total. The maximum absolute atomic E-state index is 12.5. The van der Waals surface area contributed by atoms with Gasteiger partial charge in [0, 0.05) is 11.5 Å². The number of imide groups is 1. The molecule has 4 N–H and O–H groups in total. The van der Waals surface area contributed by atoms with Gasteiger partial charge < -0.3 is 25.3 Å². The number of aromatic amines is 1. The van der Waals surface area contributed by atoms with Crippen molar-refractivity contribution in [1.82, 2.24) is 20.2 Å². The largest absolute Gasteiger partial charge is 0.491 e. The van der Waals surface area contributed by atoms with Crippen LogP contribution < -0.4 is 10.1 Å². The second-order valence-corrected chi connectivity index (χ2v) is 10.6. The van der Waals surface area contributed by atoms with E-state index in [1.54, 1.807) is 12.1 Å². The highest BCUT2D eigenvalue weighted by Gasteiger charge is 2.41. The monoisotopic (exact) mass is 640 g/mol. The molecule has 3 unspecified atom stereocenters. The van der Waals surface area contributed by atoms with Gasteiger partial charge in [-0.05, 0) is 36.2 Å². The number of urea groups is 1. The number of nitrogens with one attached hydrogen (secondary N) is 2. The summed E-state index contributed by atoms with van der Waals surface area (Å²) >= 11 is 12.9. The Morgan fingerprint density at radius 1 is 1.00 bits per heavy atom. The van der Waals surface area contributed by atoms with Crippen LogP contribution in [0.4, 0.5) is 4.79 Å². The minimum atomic E-state index is -0.801. The topological polar surface area (TPSA) is 128 Å². The maximum Gasteiger partial charge on any atom is 0.325 e. The minimum absolute atomic E-state index is 0.0398. The quantitative estimate of drug-likeness (QED) is 0.154. The zero-order chi connectivity index (χ0) is 32.2. The number of aryl methyl sites for hydroxylation is 1. The van der Waals surface area contributed by atoms with Crippen molar-refractivity contribution in [3.05, 3.63) is 106 Å². The van der Waals surface area contributed by atoms with Crippen molar-refractivity contribution in [2.24, 2.45) is 0 Å². The van der Waals surface area contributed by atoms with Crippen LogP contribution in [0.1, 0.15) is 49.7 Å². The standard InChI is InChI=1S/C22H20Cl2N4O2.C9H12O3.C2H6/c1-12-8-9-15(16(23)10-12)18-20(24)27-21(26-18)19(28-17(29)11-25-22(28)30)13(2)14-6-4-3-5-7-14;10-6-8(11)7-12-9-4-2-1-3-5-9;1-2/h3-10,13,19H,11H2,1-2H3,(H,25,30)(H,26,27);1-5,8,10-11H,6-7H2;1-2H3. The smallest absolute Gasteiger partial charge is 0.325 e. The Morgan fingerprint density at radius 3 is 2.20 bits per heavy atom. The number of carbonyl (C=O) groups excluding carboxylic acids is 2. The van der Waals surface area contributed by atoms with Gasteiger partial charge in [-0.25, -0.2) is 9.78 Å². The molecule has 1 aliphatic heterocycles. The zero-order valence-corrected chi connectivity index (χ0v) is 26.6. The van der Waals surface area contributed by atoms with E-state index < -0.39 is 18.2 Å². The lowest BCUT2D eigenvalue weighted by Crippen LogP contribution is -2.38. The van der Waals surface area contributed by atoms with Gasteiger partial charge in [0.15, 0.2) is 0 Å². The van der Waals surface area contributed by atoms with E-state index in [2.05, 4.69) is 15.3 Å². The number of benzene rings is 3. The average molecular weight is 642 g/mol. The summed E-state index contributed by atoms with van der Waals surface area (Å²) in [5.41, 5.74) is 3.15. The molecule has 3 atom stereocenters. The minimum Gasteiger partial charge on any atom is -0.491 e. The Bertz CT molecular complexity index is 1480. The molecule has 5 rings (SSSR count). The summed E-state index contributed by atoms with van der Waals surface area (Å²) < 4.78 is 5.15. The van der Waals surface area contributed by atoms with Crippen molar-refractivity contribution < 1.29 is 24.5 Å². The number of rotatable bonds is 9. The predicted octanol–water partition coefficient (Wildman–Crippen LogP) is 6.53. The second kappa shape index (κ2) is 16.8. The van der Waals surface area contributed by atoms with E-state index in [-0.39, 0.29) is 31.6 Å². The number of nitrogens with zero attached hydrogens (tertiary/aromatic N) is 2. The van der Waals surface area contributed by atoms with Crippen LogP contribution in [0.25, 0.3) is 11.3 Å². The number of aromatic nitrogens is 2. The van der Waals surface area contributed by atoms with Gasteiger partial charge in [0.1, 0.15) is 41.2 Å². The second-order valence-electron chi connectivity index (χ2n) is 9.80. The highest BCUT2D eigenvalue weighted by Crippen LogP contribution is 2.39. The summed E-state index contributed by atoms with van der Waals surface area (Å²) in [5, 5.41) is 20.8. The van der Waals surface area contributed by atoms with Crippen LogP contribution in [0.15, 0.2) is 78.9 Å². The number of aliphatic hydroxyl groups is 2. The van der Waals surface area contributed by atoms with Gasteiger partial charge in [0.05, 0.1) is 18.2 Å². The number of hydrogen-bond acceptors (Lipinski definition) is 6. The van der Waals surface area contributed by atoms with Crippen molar-refractivity contribution in [1.29, 1.82) is 0 Å². The molecular weight excluding hydrogens is 603 g/mol. The molecule has 44 heavy (non-hydrogen) atoms. The zero-order valence-electron chi connectivity index (χ0n) is 25.1. The van der Waals surface area contributed by atoms with Gasteiger partial charge in [0.25, 0.3) is 5.91 Å². The molecule has 11 heteroatoms. The van der Waals surface area contributed by atoms with Crippen LogP contribution in [-0.2, 0) is 4.79 Å². The summed E-state index contributed by atoms with van der Waals surface area (Å²) in [5.74, 6) is 0.594. The Labute approximate surface area is 267 Å². The lowest BCUT2D eigenvalue weighted by Gasteiger charge is -2.29. The number of imidazole rings is 1. The third kappa shape index (κ3) is 8.83. The Balaban J connectivity index is 0.000000317. The first-order valence-electron chi connectivity index (χ1n) is 14.3. The van der Waals surface area contributed by atoms with E-state index in [1.165, 1.54) is 4.90 Å². The van der Waals surface area contributed by atoms with E-state index in [9.17, 15) is 9.59 Å². The SMILES string of the molecule is CC.Cc1ccc(-c2nc(C(C(C)c3ccccc3)N3C(=O)CNC3=O)[nH]c2Cl)c(Cl)c1.OCC(O)COc1ccccc1. The van der Waals surface area contributed by atoms with Crippen LogP contribution in [0.5, 0.6) is 5.75 Å². The number of carbonyl (C=O) groups is 2. The van der Waals surface area contributed by atoms with Crippen LogP contribution >= 0.6 is 23.2 Å². The molecular formula is C33H38Cl2N4O5. The number of ether oxygens (including phenoxy) is 1. The number of hydrogen-bond donors (Lipinski definition) is 4. The number of halogens is 2. The molecule has 2 heterocycles. The first-order chi connectivity index (χ1) is 21.2. The number of H-pyrrole nitrogens is 1. The highest BCUT2D eigenvalue weighted by molar-refractivity contribution is 6.35. The fourth-order valence-electron chi connectivity index (χ4n) is 4.50. The molecule has 234 valence electrons. The van der Waals surface area contributed by atoms with E-state index in [4.69, 9.17) is 38.2 Å². The average Bonchev–Trinajstić information content (AvgIpc) is 3.59. The van der Waals surface area contributed by atoms with E-state index >= 15 is 0 Å². The molecule has 0 aliphatic carbocycles. The lowest BCUT2D eigenvalue weighted by atomic mass is 9.91. The summed E-state index contributed by atoms with van der Waals surface area (Å²) in [6.07, 6.45) is -0.801. The first-order valence-corrected chi connectivity index (χ1v) is 15.1. The van der Waals surface area contributed by atoms with Crippen LogP contribution in [0.2, 0.25) is 10.2 Å². The Hall–Kier alpha value is -3.89. The van der Waals surface area contributed by atoms with E-state index in [0.29, 0.717) is 33.0 Å². The summed E-state index contributed by atoms with van der Waals surface area (Å²) in [6, 6.07) is 23.3. The van der Waals surface area contributed by atoms with Crippen molar-refractivity contribution in [3.63, 3.8) is 0 Å². The van der Waals surface area contributed by atoms with Crippen molar-refractivity contribution in [2.45, 2.75) is 45.8 Å². The molecule has 0 spiro atoms. The van der Waals surface area contributed by atoms with Crippen molar-refractivity contribution in [3.8, 4) is 17.0 Å². The molecule has 3 aromatic carbocycles. The Kier molecular flexibility index (Phi) is 13.2. The van der Waals surface area contributed by atoms with Crippen LogP contribution in [-0.4, -0.2) is 62.9 Å². The number of aliphatic hydroxyl groups excluding tert-OH is 2. The van der Waals surface area contributed by atoms with E-state index in [0.717, 1.165) is 11.1 Å². The van der Waals surface area contributed by atoms with Crippen LogP contribution in [0, 0.1) is 6.92 Å². The molecule has 4 aromatic rings. The van der Waals surface area contributed by atoms with E-state index in [1.807, 2.05) is 94.4 Å². The molecule has 1 aliphatic rings. The fourth-order valence-corrected chi connectivity index (χ4v) is 5.07. The van der Waals surface area contributed by atoms with Gasteiger partial charge >= 0.3 is 6.03 Å². The number of para-hydroxylation sites is 1. The maximum atomic E-state index is 12.5. The third-order valence-electron chi connectivity index (χ3n) is 6.69. The molecule has 3 amide bonds. The molecule has 1 fully saturated rings.